The van der Waals surface area contributed by atoms with Crippen molar-refractivity contribution in [3.8, 4) is 0 Å². The van der Waals surface area contributed by atoms with Crippen molar-refractivity contribution >= 4 is 17.4 Å². The van der Waals surface area contributed by atoms with E-state index in [4.69, 9.17) is 0 Å². The highest BCUT2D eigenvalue weighted by Gasteiger charge is 2.41. The topological polar surface area (TPSA) is 37.4 Å². The molecule has 0 radical (unpaired) electrons. The second kappa shape index (κ2) is 4.57. The number of carbonyl (C=O) groups is 2. The first kappa shape index (κ1) is 13.2. The molecular formula is C11H10F3NO2. The van der Waals surface area contributed by atoms with E-state index in [1.54, 1.807) is 0 Å². The van der Waals surface area contributed by atoms with Crippen LogP contribution in [0.3, 0.4) is 0 Å². The lowest BCUT2D eigenvalue weighted by atomic mass is 10.1. The van der Waals surface area contributed by atoms with E-state index in [9.17, 15) is 22.8 Å². The number of benzene rings is 1. The Morgan fingerprint density at radius 1 is 1.12 bits per heavy atom. The number of Topliss-reactive ketones (excluding diaryl/α,β-unsaturated/α-hetero) is 1. The van der Waals surface area contributed by atoms with E-state index < -0.39 is 12.1 Å². The first-order chi connectivity index (χ1) is 7.73. The number of alkyl halides is 3. The Labute approximate surface area is 95.8 Å². The summed E-state index contributed by atoms with van der Waals surface area (Å²) in [7, 11) is 1.03. The molecule has 0 atom stereocenters. The van der Waals surface area contributed by atoms with Crippen molar-refractivity contribution in [3.05, 3.63) is 29.8 Å². The smallest absolute Gasteiger partial charge is 0.308 e. The molecule has 0 spiro atoms. The van der Waals surface area contributed by atoms with Crippen molar-refractivity contribution < 1.29 is 22.8 Å². The minimum absolute atomic E-state index is 0.0809. The quantitative estimate of drug-likeness (QED) is 0.750. The van der Waals surface area contributed by atoms with Gasteiger partial charge in [-0.15, -0.1) is 0 Å². The second-order valence-corrected chi connectivity index (χ2v) is 3.46. The summed E-state index contributed by atoms with van der Waals surface area (Å²) in [6.07, 6.45) is -4.91. The van der Waals surface area contributed by atoms with Crippen LogP contribution in [0, 0.1) is 0 Å². The molecule has 92 valence electrons. The van der Waals surface area contributed by atoms with Crippen LogP contribution in [0.5, 0.6) is 0 Å². The lowest BCUT2D eigenvalue weighted by Crippen LogP contribution is -2.38. The molecule has 1 aromatic carbocycles. The lowest BCUT2D eigenvalue weighted by Gasteiger charge is -2.18. The average Bonchev–Trinajstić information content (AvgIpc) is 2.26. The molecule has 0 fully saturated rings. The number of hydrogen-bond acceptors (Lipinski definition) is 2. The summed E-state index contributed by atoms with van der Waals surface area (Å²) in [6.45, 7) is 1.35. The number of halogens is 3. The van der Waals surface area contributed by atoms with Crippen molar-refractivity contribution in [2.45, 2.75) is 13.1 Å². The van der Waals surface area contributed by atoms with Gasteiger partial charge in [0.15, 0.2) is 5.78 Å². The SMILES string of the molecule is CC(=O)c1ccc(N(C)C(=O)C(F)(F)F)cc1. The van der Waals surface area contributed by atoms with E-state index in [1.165, 1.54) is 31.2 Å². The van der Waals surface area contributed by atoms with Crippen molar-refractivity contribution in [2.75, 3.05) is 11.9 Å². The third-order valence-corrected chi connectivity index (χ3v) is 2.21. The average molecular weight is 245 g/mol. The molecule has 3 nitrogen and oxygen atoms in total. The van der Waals surface area contributed by atoms with E-state index in [2.05, 4.69) is 0 Å². The van der Waals surface area contributed by atoms with Crippen LogP contribution in [-0.2, 0) is 4.79 Å². The largest absolute Gasteiger partial charge is 0.471 e. The standard InChI is InChI=1S/C11H10F3NO2/c1-7(16)8-3-5-9(6-4-8)15(2)10(17)11(12,13)14/h3-6H,1-2H3. The number of hydrogen-bond donors (Lipinski definition) is 0. The summed E-state index contributed by atoms with van der Waals surface area (Å²) in [5, 5.41) is 0. The Balaban J connectivity index is 2.94. The second-order valence-electron chi connectivity index (χ2n) is 3.46. The molecule has 0 aliphatic heterocycles. The Bertz CT molecular complexity index is 437. The maximum atomic E-state index is 12.1. The van der Waals surface area contributed by atoms with Gasteiger partial charge in [-0.2, -0.15) is 13.2 Å². The first-order valence-electron chi connectivity index (χ1n) is 4.69. The van der Waals surface area contributed by atoms with Gasteiger partial charge in [-0.3, -0.25) is 9.59 Å². The van der Waals surface area contributed by atoms with Crippen LogP contribution in [0.15, 0.2) is 24.3 Å². The minimum Gasteiger partial charge on any atom is -0.308 e. The highest BCUT2D eigenvalue weighted by Crippen LogP contribution is 2.22. The van der Waals surface area contributed by atoms with E-state index >= 15 is 0 Å². The molecule has 0 aliphatic rings. The van der Waals surface area contributed by atoms with Crippen LogP contribution in [0.4, 0.5) is 18.9 Å². The molecule has 0 aromatic heterocycles. The number of rotatable bonds is 2. The molecule has 0 N–H and O–H groups in total. The Kier molecular flexibility index (Phi) is 3.55. The van der Waals surface area contributed by atoms with Gasteiger partial charge < -0.3 is 4.90 Å². The molecule has 0 bridgehead atoms. The van der Waals surface area contributed by atoms with Crippen molar-refractivity contribution in [1.29, 1.82) is 0 Å². The fraction of sp³-hybridized carbons (Fsp3) is 0.273. The molecule has 6 heteroatoms. The van der Waals surface area contributed by atoms with Crippen molar-refractivity contribution in [1.82, 2.24) is 0 Å². The molecule has 0 unspecified atom stereocenters. The zero-order valence-corrected chi connectivity index (χ0v) is 9.21. The van der Waals surface area contributed by atoms with E-state index in [0.29, 0.717) is 10.5 Å². The van der Waals surface area contributed by atoms with Gasteiger partial charge in [-0.05, 0) is 31.2 Å². The van der Waals surface area contributed by atoms with Gasteiger partial charge in [0, 0.05) is 18.3 Å². The third-order valence-electron chi connectivity index (χ3n) is 2.21. The Morgan fingerprint density at radius 2 is 1.59 bits per heavy atom. The zero-order valence-electron chi connectivity index (χ0n) is 9.21. The van der Waals surface area contributed by atoms with Gasteiger partial charge in [-0.25, -0.2) is 0 Å². The van der Waals surface area contributed by atoms with Gasteiger partial charge in [0.25, 0.3) is 0 Å². The van der Waals surface area contributed by atoms with Crippen molar-refractivity contribution in [3.63, 3.8) is 0 Å². The zero-order chi connectivity index (χ0) is 13.2. The molecule has 0 heterocycles. The Hall–Kier alpha value is -1.85. The van der Waals surface area contributed by atoms with E-state index in [1.807, 2.05) is 0 Å². The van der Waals surface area contributed by atoms with Crippen LogP contribution in [0.2, 0.25) is 0 Å². The van der Waals surface area contributed by atoms with Crippen LogP contribution >= 0.6 is 0 Å². The summed E-state index contributed by atoms with van der Waals surface area (Å²) in [4.78, 5) is 22.4. The summed E-state index contributed by atoms with van der Waals surface area (Å²) >= 11 is 0. The molecule has 17 heavy (non-hydrogen) atoms. The monoisotopic (exact) mass is 245 g/mol. The number of anilines is 1. The molecule has 1 amide bonds. The van der Waals surface area contributed by atoms with Crippen LogP contribution in [0.1, 0.15) is 17.3 Å². The summed E-state index contributed by atoms with van der Waals surface area (Å²) in [5.74, 6) is -2.14. The van der Waals surface area contributed by atoms with E-state index in [-0.39, 0.29) is 11.5 Å². The number of amides is 1. The summed E-state index contributed by atoms with van der Waals surface area (Å²) in [5.41, 5.74) is 0.457. The molecule has 0 saturated heterocycles. The molecular weight excluding hydrogens is 235 g/mol. The van der Waals surface area contributed by atoms with Crippen molar-refractivity contribution in [2.24, 2.45) is 0 Å². The van der Waals surface area contributed by atoms with Crippen LogP contribution < -0.4 is 4.90 Å². The predicted molar refractivity (Wildman–Crippen MR) is 55.9 cm³/mol. The van der Waals surface area contributed by atoms with Gasteiger partial charge in [0.05, 0.1) is 0 Å². The third kappa shape index (κ3) is 3.05. The van der Waals surface area contributed by atoms with Gasteiger partial charge in [0.2, 0.25) is 0 Å². The highest BCUT2D eigenvalue weighted by molar-refractivity contribution is 5.98. The lowest BCUT2D eigenvalue weighted by molar-refractivity contribution is -0.170. The number of nitrogens with zero attached hydrogens (tertiary/aromatic N) is 1. The fourth-order valence-corrected chi connectivity index (χ4v) is 1.23. The maximum Gasteiger partial charge on any atom is 0.471 e. The predicted octanol–water partition coefficient (Wildman–Crippen LogP) is 2.41. The maximum absolute atomic E-state index is 12.1. The highest BCUT2D eigenvalue weighted by atomic mass is 19.4. The fourth-order valence-electron chi connectivity index (χ4n) is 1.23. The normalized spacial score (nSPS) is 11.1. The van der Waals surface area contributed by atoms with Crippen LogP contribution in [-0.4, -0.2) is 24.9 Å². The van der Waals surface area contributed by atoms with Crippen LogP contribution in [0.25, 0.3) is 0 Å². The number of ketones is 1. The Morgan fingerprint density at radius 3 is 1.94 bits per heavy atom. The molecule has 0 aliphatic carbocycles. The first-order valence-corrected chi connectivity index (χ1v) is 4.69. The van der Waals surface area contributed by atoms with E-state index in [0.717, 1.165) is 7.05 Å². The summed E-state index contributed by atoms with van der Waals surface area (Å²) in [6, 6.07) is 5.33. The molecule has 0 saturated carbocycles. The van der Waals surface area contributed by atoms with Gasteiger partial charge >= 0.3 is 12.1 Å². The summed E-state index contributed by atoms with van der Waals surface area (Å²) < 4.78 is 36.4. The molecule has 1 aromatic rings. The van der Waals surface area contributed by atoms with Gasteiger partial charge in [0.1, 0.15) is 0 Å². The van der Waals surface area contributed by atoms with Gasteiger partial charge in [-0.1, -0.05) is 0 Å². The minimum atomic E-state index is -4.91. The number of carbonyl (C=O) groups excluding carboxylic acids is 2. The molecule has 1 rings (SSSR count).